The zero-order chi connectivity index (χ0) is 17.9. The lowest BCUT2D eigenvalue weighted by Gasteiger charge is -2.31. The van der Waals surface area contributed by atoms with Gasteiger partial charge in [-0.15, -0.1) is 0 Å². The highest BCUT2D eigenvalue weighted by Gasteiger charge is 2.27. The normalized spacial score (nSPS) is 17.4. The third-order valence-corrected chi connectivity index (χ3v) is 4.50. The number of aromatic nitrogens is 3. The molecule has 1 amide bonds. The van der Waals surface area contributed by atoms with Gasteiger partial charge < -0.3 is 13.9 Å². The van der Waals surface area contributed by atoms with Crippen LogP contribution in [0, 0.1) is 11.7 Å². The Labute approximate surface area is 148 Å². The molecule has 0 spiro atoms. The average molecular weight is 356 g/mol. The van der Waals surface area contributed by atoms with Crippen LogP contribution in [0.3, 0.4) is 0 Å². The standard InChI is InChI=1S/C18H17FN4O3/c19-14-6-2-1-5-13(14)17-21-16(26-22-17)10-12-4-3-9-23(11-12)18(24)15-7-8-20-25-15/h1-2,5-8,12H,3-4,9-11H2. The first-order chi connectivity index (χ1) is 12.7. The van der Waals surface area contributed by atoms with Crippen LogP contribution in [0.4, 0.5) is 4.39 Å². The fraction of sp³-hybridized carbons (Fsp3) is 0.333. The third kappa shape index (κ3) is 3.35. The highest BCUT2D eigenvalue weighted by atomic mass is 19.1. The molecule has 1 fully saturated rings. The van der Waals surface area contributed by atoms with Crippen LogP contribution in [0.1, 0.15) is 29.3 Å². The molecule has 1 aliphatic rings. The number of nitrogens with zero attached hydrogens (tertiary/aromatic N) is 4. The van der Waals surface area contributed by atoms with Crippen molar-refractivity contribution in [1.82, 2.24) is 20.2 Å². The van der Waals surface area contributed by atoms with Crippen LogP contribution in [0.5, 0.6) is 0 Å². The summed E-state index contributed by atoms with van der Waals surface area (Å²) >= 11 is 0. The lowest BCUT2D eigenvalue weighted by molar-refractivity contribution is 0.0626. The van der Waals surface area contributed by atoms with E-state index >= 15 is 0 Å². The van der Waals surface area contributed by atoms with Crippen LogP contribution < -0.4 is 0 Å². The van der Waals surface area contributed by atoms with E-state index in [-0.39, 0.29) is 29.2 Å². The molecule has 1 aliphatic heterocycles. The molecular weight excluding hydrogens is 339 g/mol. The lowest BCUT2D eigenvalue weighted by atomic mass is 9.94. The Bertz CT molecular complexity index is 893. The van der Waals surface area contributed by atoms with Gasteiger partial charge in [-0.1, -0.05) is 22.4 Å². The molecule has 2 aromatic heterocycles. The van der Waals surface area contributed by atoms with Crippen molar-refractivity contribution in [3.63, 3.8) is 0 Å². The second kappa shape index (κ2) is 7.07. The highest BCUT2D eigenvalue weighted by molar-refractivity contribution is 5.91. The van der Waals surface area contributed by atoms with Crippen LogP contribution in [-0.4, -0.2) is 39.2 Å². The van der Waals surface area contributed by atoms with Gasteiger partial charge in [0.25, 0.3) is 5.91 Å². The molecule has 3 heterocycles. The molecule has 7 nitrogen and oxygen atoms in total. The van der Waals surface area contributed by atoms with E-state index in [2.05, 4.69) is 15.3 Å². The monoisotopic (exact) mass is 356 g/mol. The van der Waals surface area contributed by atoms with Gasteiger partial charge in [0.2, 0.25) is 17.5 Å². The SMILES string of the molecule is O=C(c1ccno1)N1CCCC(Cc2nc(-c3ccccc3F)no2)C1. The van der Waals surface area contributed by atoms with Crippen molar-refractivity contribution in [2.24, 2.45) is 5.92 Å². The molecule has 0 saturated carbocycles. The van der Waals surface area contributed by atoms with E-state index in [1.165, 1.54) is 12.3 Å². The fourth-order valence-corrected chi connectivity index (χ4v) is 3.23. The summed E-state index contributed by atoms with van der Waals surface area (Å²) < 4.78 is 24.1. The number of piperidine rings is 1. The van der Waals surface area contributed by atoms with Gasteiger partial charge in [0.15, 0.2) is 0 Å². The predicted octanol–water partition coefficient (Wildman–Crippen LogP) is 2.96. The van der Waals surface area contributed by atoms with E-state index < -0.39 is 0 Å². The number of hydrogen-bond acceptors (Lipinski definition) is 6. The number of likely N-dealkylation sites (tertiary alicyclic amines) is 1. The van der Waals surface area contributed by atoms with Gasteiger partial charge in [-0.2, -0.15) is 4.98 Å². The van der Waals surface area contributed by atoms with Crippen molar-refractivity contribution < 1.29 is 18.2 Å². The Morgan fingerprint density at radius 3 is 2.96 bits per heavy atom. The molecule has 1 atom stereocenters. The zero-order valence-corrected chi connectivity index (χ0v) is 14.0. The number of benzene rings is 1. The third-order valence-electron chi connectivity index (χ3n) is 4.50. The summed E-state index contributed by atoms with van der Waals surface area (Å²) in [6.45, 7) is 1.26. The number of carbonyl (C=O) groups is 1. The van der Waals surface area contributed by atoms with E-state index in [9.17, 15) is 9.18 Å². The molecule has 0 N–H and O–H groups in total. The minimum absolute atomic E-state index is 0.162. The van der Waals surface area contributed by atoms with Crippen molar-refractivity contribution in [1.29, 1.82) is 0 Å². The molecule has 1 aromatic carbocycles. The minimum atomic E-state index is -0.388. The quantitative estimate of drug-likeness (QED) is 0.714. The van der Waals surface area contributed by atoms with E-state index in [1.807, 2.05) is 0 Å². The second-order valence-corrected chi connectivity index (χ2v) is 6.33. The van der Waals surface area contributed by atoms with Crippen molar-refractivity contribution in [3.05, 3.63) is 54.0 Å². The summed E-state index contributed by atoms with van der Waals surface area (Å²) in [5, 5.41) is 7.45. The zero-order valence-electron chi connectivity index (χ0n) is 14.0. The summed E-state index contributed by atoms with van der Waals surface area (Å²) in [5.41, 5.74) is 0.313. The summed E-state index contributed by atoms with van der Waals surface area (Å²) in [6, 6.07) is 7.87. The number of carbonyl (C=O) groups excluding carboxylic acids is 1. The van der Waals surface area contributed by atoms with Gasteiger partial charge in [0.1, 0.15) is 5.82 Å². The summed E-state index contributed by atoms with van der Waals surface area (Å²) in [4.78, 5) is 18.4. The minimum Gasteiger partial charge on any atom is -0.351 e. The summed E-state index contributed by atoms with van der Waals surface area (Å²) in [7, 11) is 0. The first-order valence-electron chi connectivity index (χ1n) is 8.48. The van der Waals surface area contributed by atoms with Gasteiger partial charge in [-0.05, 0) is 30.9 Å². The van der Waals surface area contributed by atoms with E-state index in [0.29, 0.717) is 31.0 Å². The molecule has 0 bridgehead atoms. The van der Waals surface area contributed by atoms with Crippen molar-refractivity contribution in [2.45, 2.75) is 19.3 Å². The Kier molecular flexibility index (Phi) is 4.47. The molecule has 0 aliphatic carbocycles. The molecule has 3 aromatic rings. The van der Waals surface area contributed by atoms with E-state index in [4.69, 9.17) is 9.05 Å². The Hall–Kier alpha value is -3.03. The Morgan fingerprint density at radius 1 is 1.27 bits per heavy atom. The molecule has 134 valence electrons. The van der Waals surface area contributed by atoms with Crippen LogP contribution in [0.25, 0.3) is 11.4 Å². The van der Waals surface area contributed by atoms with Gasteiger partial charge in [0, 0.05) is 25.6 Å². The predicted molar refractivity (Wildman–Crippen MR) is 88.5 cm³/mol. The first kappa shape index (κ1) is 16.4. The first-order valence-corrected chi connectivity index (χ1v) is 8.48. The number of hydrogen-bond donors (Lipinski definition) is 0. The Balaban J connectivity index is 1.43. The number of amides is 1. The van der Waals surface area contributed by atoms with Gasteiger partial charge >= 0.3 is 0 Å². The van der Waals surface area contributed by atoms with Gasteiger partial charge in [0.05, 0.1) is 11.8 Å². The van der Waals surface area contributed by atoms with Gasteiger partial charge in [-0.3, -0.25) is 4.79 Å². The fourth-order valence-electron chi connectivity index (χ4n) is 3.23. The maximum absolute atomic E-state index is 13.8. The molecular formula is C18H17FN4O3. The van der Waals surface area contributed by atoms with Crippen LogP contribution >= 0.6 is 0 Å². The Morgan fingerprint density at radius 2 is 2.15 bits per heavy atom. The summed E-state index contributed by atoms with van der Waals surface area (Å²) in [6.07, 6.45) is 3.84. The molecule has 8 heteroatoms. The highest BCUT2D eigenvalue weighted by Crippen LogP contribution is 2.24. The van der Waals surface area contributed by atoms with Crippen LogP contribution in [0.2, 0.25) is 0 Å². The summed E-state index contributed by atoms with van der Waals surface area (Å²) in [5.74, 6) is 0.576. The largest absolute Gasteiger partial charge is 0.351 e. The molecule has 1 unspecified atom stereocenters. The van der Waals surface area contributed by atoms with E-state index in [1.54, 1.807) is 29.2 Å². The topological polar surface area (TPSA) is 85.3 Å². The maximum Gasteiger partial charge on any atom is 0.292 e. The van der Waals surface area contributed by atoms with Crippen molar-refractivity contribution >= 4 is 5.91 Å². The lowest BCUT2D eigenvalue weighted by Crippen LogP contribution is -2.40. The average Bonchev–Trinajstić information content (AvgIpc) is 3.34. The van der Waals surface area contributed by atoms with Crippen molar-refractivity contribution in [3.8, 4) is 11.4 Å². The molecule has 1 saturated heterocycles. The van der Waals surface area contributed by atoms with Crippen LogP contribution in [0.15, 0.2) is 45.6 Å². The second-order valence-electron chi connectivity index (χ2n) is 6.33. The maximum atomic E-state index is 13.8. The number of halogens is 1. The molecule has 0 radical (unpaired) electrons. The van der Waals surface area contributed by atoms with Crippen molar-refractivity contribution in [2.75, 3.05) is 13.1 Å². The molecule has 26 heavy (non-hydrogen) atoms. The molecule has 4 rings (SSSR count). The van der Waals surface area contributed by atoms with Crippen LogP contribution in [-0.2, 0) is 6.42 Å². The number of rotatable bonds is 4. The van der Waals surface area contributed by atoms with Gasteiger partial charge in [-0.25, -0.2) is 4.39 Å². The van der Waals surface area contributed by atoms with E-state index in [0.717, 1.165) is 12.8 Å². The smallest absolute Gasteiger partial charge is 0.292 e.